The molecule has 11 heavy (non-hydrogen) atoms. The zero-order valence-electron chi connectivity index (χ0n) is 5.93. The lowest BCUT2D eigenvalue weighted by atomic mass is 10.2. The lowest BCUT2D eigenvalue weighted by Gasteiger charge is -1.96. The van der Waals surface area contributed by atoms with Gasteiger partial charge >= 0.3 is 5.97 Å². The first-order valence-electron chi connectivity index (χ1n) is 2.99. The third-order valence-corrected chi connectivity index (χ3v) is 1.20. The molecule has 0 unspecified atom stereocenters. The monoisotopic (exact) mass is 153 g/mol. The van der Waals surface area contributed by atoms with Gasteiger partial charge in [0.1, 0.15) is 5.82 Å². The summed E-state index contributed by atoms with van der Waals surface area (Å²) in [5.41, 5.74) is 0.300. The topological polar surface area (TPSA) is 26.3 Å². The van der Waals surface area contributed by atoms with Gasteiger partial charge in [0, 0.05) is 6.07 Å². The van der Waals surface area contributed by atoms with E-state index < -0.39 is 11.8 Å². The van der Waals surface area contributed by atoms with Gasteiger partial charge in [0.25, 0.3) is 0 Å². The van der Waals surface area contributed by atoms with E-state index in [0.717, 1.165) is 6.07 Å². The van der Waals surface area contributed by atoms with Crippen LogP contribution >= 0.6 is 0 Å². The van der Waals surface area contributed by atoms with E-state index in [2.05, 4.69) is 10.8 Å². The Labute approximate surface area is 63.6 Å². The quantitative estimate of drug-likeness (QED) is 0.570. The fraction of sp³-hybridized carbons (Fsp3) is 0.125. The van der Waals surface area contributed by atoms with Crippen molar-refractivity contribution in [1.82, 2.24) is 0 Å². The SMILES string of the molecule is COC(=O)c1c[c]c(F)cc1. The minimum atomic E-state index is -0.488. The highest BCUT2D eigenvalue weighted by Gasteiger charge is 2.03. The predicted molar refractivity (Wildman–Crippen MR) is 36.6 cm³/mol. The van der Waals surface area contributed by atoms with Crippen molar-refractivity contribution in [1.29, 1.82) is 0 Å². The first-order valence-corrected chi connectivity index (χ1v) is 2.99. The van der Waals surface area contributed by atoms with Crippen molar-refractivity contribution in [3.8, 4) is 0 Å². The maximum atomic E-state index is 12.2. The molecule has 0 saturated carbocycles. The molecule has 0 fully saturated rings. The van der Waals surface area contributed by atoms with Crippen molar-refractivity contribution in [2.75, 3.05) is 7.11 Å². The smallest absolute Gasteiger partial charge is 0.337 e. The van der Waals surface area contributed by atoms with Crippen molar-refractivity contribution < 1.29 is 13.9 Å². The Morgan fingerprint density at radius 1 is 1.64 bits per heavy atom. The van der Waals surface area contributed by atoms with Crippen LogP contribution in [0.5, 0.6) is 0 Å². The van der Waals surface area contributed by atoms with Gasteiger partial charge in [-0.2, -0.15) is 0 Å². The summed E-state index contributed by atoms with van der Waals surface area (Å²) in [7, 11) is 1.27. The highest BCUT2D eigenvalue weighted by molar-refractivity contribution is 5.89. The number of carbonyl (C=O) groups excluding carboxylic acids is 1. The highest BCUT2D eigenvalue weighted by atomic mass is 19.1. The molecular formula is C8H6FO2. The molecule has 3 heteroatoms. The Morgan fingerprint density at radius 2 is 2.36 bits per heavy atom. The molecule has 0 saturated heterocycles. The lowest BCUT2D eigenvalue weighted by molar-refractivity contribution is 0.0600. The van der Waals surface area contributed by atoms with Gasteiger partial charge in [-0.25, -0.2) is 9.18 Å². The number of halogens is 1. The van der Waals surface area contributed by atoms with E-state index >= 15 is 0 Å². The summed E-state index contributed by atoms with van der Waals surface area (Å²) < 4.78 is 16.6. The van der Waals surface area contributed by atoms with Crippen LogP contribution in [-0.4, -0.2) is 13.1 Å². The van der Waals surface area contributed by atoms with Crippen molar-refractivity contribution in [2.24, 2.45) is 0 Å². The molecule has 0 N–H and O–H groups in total. The molecule has 0 aromatic heterocycles. The molecule has 0 aliphatic heterocycles. The van der Waals surface area contributed by atoms with Gasteiger partial charge < -0.3 is 4.74 Å². The van der Waals surface area contributed by atoms with Crippen molar-refractivity contribution >= 4 is 5.97 Å². The highest BCUT2D eigenvalue weighted by Crippen LogP contribution is 2.02. The van der Waals surface area contributed by atoms with Crippen molar-refractivity contribution in [3.63, 3.8) is 0 Å². The molecule has 1 aromatic carbocycles. The molecule has 0 amide bonds. The molecule has 0 atom stereocenters. The van der Waals surface area contributed by atoms with Gasteiger partial charge in [-0.15, -0.1) is 0 Å². The lowest BCUT2D eigenvalue weighted by Crippen LogP contribution is -2.00. The second-order valence-electron chi connectivity index (χ2n) is 1.92. The molecule has 0 heterocycles. The number of benzene rings is 1. The van der Waals surface area contributed by atoms with Crippen LogP contribution < -0.4 is 0 Å². The van der Waals surface area contributed by atoms with Crippen LogP contribution in [0.15, 0.2) is 18.2 Å². The van der Waals surface area contributed by atoms with Gasteiger partial charge in [0.2, 0.25) is 0 Å². The Bertz CT molecular complexity index is 253. The summed E-state index contributed by atoms with van der Waals surface area (Å²) >= 11 is 0. The maximum Gasteiger partial charge on any atom is 0.337 e. The van der Waals surface area contributed by atoms with Gasteiger partial charge in [-0.05, 0) is 18.2 Å². The molecule has 2 nitrogen and oxygen atoms in total. The summed E-state index contributed by atoms with van der Waals surface area (Å²) in [6.45, 7) is 0. The Morgan fingerprint density at radius 3 is 2.82 bits per heavy atom. The number of methoxy groups -OCH3 is 1. The largest absolute Gasteiger partial charge is 0.465 e. The second kappa shape index (κ2) is 3.14. The predicted octanol–water partition coefficient (Wildman–Crippen LogP) is 1.41. The van der Waals surface area contributed by atoms with Crippen LogP contribution in [0.4, 0.5) is 4.39 Å². The first kappa shape index (κ1) is 7.72. The van der Waals surface area contributed by atoms with Crippen LogP contribution in [-0.2, 0) is 4.74 Å². The van der Waals surface area contributed by atoms with Crippen LogP contribution in [0.3, 0.4) is 0 Å². The molecule has 0 bridgehead atoms. The van der Waals surface area contributed by atoms with E-state index in [1.807, 2.05) is 0 Å². The van der Waals surface area contributed by atoms with E-state index in [-0.39, 0.29) is 0 Å². The zero-order valence-corrected chi connectivity index (χ0v) is 5.93. The molecule has 1 aromatic rings. The average Bonchev–Trinajstić information content (AvgIpc) is 2.05. The van der Waals surface area contributed by atoms with Gasteiger partial charge in [0.15, 0.2) is 0 Å². The van der Waals surface area contributed by atoms with E-state index in [4.69, 9.17) is 0 Å². The number of hydrogen-bond donors (Lipinski definition) is 0. The molecule has 1 rings (SSSR count). The van der Waals surface area contributed by atoms with Crippen LogP contribution in [0, 0.1) is 11.9 Å². The Kier molecular flexibility index (Phi) is 2.21. The van der Waals surface area contributed by atoms with E-state index in [1.165, 1.54) is 19.2 Å². The maximum absolute atomic E-state index is 12.2. The summed E-state index contributed by atoms with van der Waals surface area (Å²) in [5, 5.41) is 0. The van der Waals surface area contributed by atoms with Gasteiger partial charge in [-0.3, -0.25) is 0 Å². The zero-order chi connectivity index (χ0) is 8.27. The van der Waals surface area contributed by atoms with Crippen LogP contribution in [0.25, 0.3) is 0 Å². The molecule has 57 valence electrons. The summed E-state index contributed by atoms with van der Waals surface area (Å²) in [6.07, 6.45) is 0. The standard InChI is InChI=1S/C8H6FO2/c1-11-8(10)6-2-4-7(9)5-3-6/h2-4H,1H3. The number of esters is 1. The molecule has 1 radical (unpaired) electrons. The molecule has 0 aliphatic rings. The van der Waals surface area contributed by atoms with Gasteiger partial charge in [0.05, 0.1) is 12.7 Å². The first-order chi connectivity index (χ1) is 5.24. The van der Waals surface area contributed by atoms with Crippen LogP contribution in [0.1, 0.15) is 10.4 Å². The number of rotatable bonds is 1. The molecular weight excluding hydrogens is 147 g/mol. The van der Waals surface area contributed by atoms with E-state index in [0.29, 0.717) is 5.56 Å². The number of carbonyl (C=O) groups is 1. The fourth-order valence-electron chi connectivity index (χ4n) is 0.651. The van der Waals surface area contributed by atoms with Crippen molar-refractivity contribution in [2.45, 2.75) is 0 Å². The second-order valence-corrected chi connectivity index (χ2v) is 1.92. The minimum absolute atomic E-state index is 0.300. The summed E-state index contributed by atoms with van der Waals surface area (Å²) in [4.78, 5) is 10.8. The van der Waals surface area contributed by atoms with E-state index in [1.54, 1.807) is 0 Å². The number of hydrogen-bond acceptors (Lipinski definition) is 2. The normalized spacial score (nSPS) is 9.27. The summed E-state index contributed by atoms with van der Waals surface area (Å²) in [5.74, 6) is -0.973. The van der Waals surface area contributed by atoms with E-state index in [9.17, 15) is 9.18 Å². The Hall–Kier alpha value is -1.38. The Balaban J connectivity index is 2.90. The average molecular weight is 153 g/mol. The third kappa shape index (κ3) is 1.77. The van der Waals surface area contributed by atoms with Gasteiger partial charge in [-0.1, -0.05) is 0 Å². The van der Waals surface area contributed by atoms with Crippen LogP contribution in [0.2, 0.25) is 0 Å². The number of ether oxygens (including phenoxy) is 1. The fourth-order valence-corrected chi connectivity index (χ4v) is 0.651. The minimum Gasteiger partial charge on any atom is -0.465 e. The molecule has 0 aliphatic carbocycles. The molecule has 0 spiro atoms. The van der Waals surface area contributed by atoms with Crippen molar-refractivity contribution in [3.05, 3.63) is 35.6 Å². The third-order valence-electron chi connectivity index (χ3n) is 1.20. The summed E-state index contributed by atoms with van der Waals surface area (Å²) in [6, 6.07) is 6.00.